The monoisotopic (exact) mass is 267 g/mol. The first-order valence-electron chi connectivity index (χ1n) is 5.84. The van der Waals surface area contributed by atoms with Crippen molar-refractivity contribution in [3.63, 3.8) is 0 Å². The number of hydrogen-bond donors (Lipinski definition) is 2. The van der Waals surface area contributed by atoms with Crippen LogP contribution in [0.1, 0.15) is 18.4 Å². The largest absolute Gasteiger partial charge is 0.392 e. The van der Waals surface area contributed by atoms with Gasteiger partial charge in [0.1, 0.15) is 0 Å². The highest BCUT2D eigenvalue weighted by Gasteiger charge is 2.28. The Balaban J connectivity index is 1.86. The van der Waals surface area contributed by atoms with Crippen LogP contribution in [0, 0.1) is 11.6 Å². The molecule has 100 valence electrons. The van der Waals surface area contributed by atoms with Gasteiger partial charge in [0.2, 0.25) is 11.7 Å². The van der Waals surface area contributed by atoms with Crippen molar-refractivity contribution in [2.24, 2.45) is 0 Å². The van der Waals surface area contributed by atoms with Gasteiger partial charge in [0.05, 0.1) is 12.1 Å². The van der Waals surface area contributed by atoms with Gasteiger partial charge in [-0.3, -0.25) is 0 Å². The number of benzene rings is 1. The molecule has 2 N–H and O–H groups in total. The van der Waals surface area contributed by atoms with Gasteiger partial charge >= 0.3 is 0 Å². The molecular formula is C12H11F2N3O2. The van der Waals surface area contributed by atoms with E-state index >= 15 is 0 Å². The molecule has 1 aliphatic rings. The smallest absolute Gasteiger partial charge is 0.244 e. The average Bonchev–Trinajstić information content (AvgIpc) is 3.01. The van der Waals surface area contributed by atoms with Crippen molar-refractivity contribution >= 4 is 0 Å². The first-order chi connectivity index (χ1) is 9.13. The molecule has 5 nitrogen and oxygen atoms in total. The molecule has 0 unspecified atom stereocenters. The molecule has 1 aromatic heterocycles. The summed E-state index contributed by atoms with van der Waals surface area (Å²) in [5.41, 5.74) is 0.340. The summed E-state index contributed by atoms with van der Waals surface area (Å²) in [6.45, 7) is 0.466. The summed E-state index contributed by atoms with van der Waals surface area (Å²) in [5.74, 6) is -1.36. The quantitative estimate of drug-likeness (QED) is 0.860. The maximum atomic E-state index is 13.1. The number of aromatic nitrogens is 2. The third-order valence-corrected chi connectivity index (χ3v) is 3.03. The standard InChI is InChI=1S/C12H11F2N3O2/c13-8-2-1-6(3-9(8)14)11-16-12(19-17-11)10-4-7(18)5-15-10/h1-3,7,10,15,18H,4-5H2/t7-,10+/m0/s1. The Labute approximate surface area is 107 Å². The molecule has 2 atom stereocenters. The average molecular weight is 267 g/mol. The SMILES string of the molecule is O[C@@H]1CN[C@@H](c2nc(-c3ccc(F)c(F)c3)no2)C1. The maximum absolute atomic E-state index is 13.1. The Morgan fingerprint density at radius 2 is 2.16 bits per heavy atom. The van der Waals surface area contributed by atoms with Gasteiger partial charge in [0.15, 0.2) is 11.6 Å². The fourth-order valence-electron chi connectivity index (χ4n) is 2.03. The van der Waals surface area contributed by atoms with Crippen LogP contribution < -0.4 is 5.32 Å². The van der Waals surface area contributed by atoms with Crippen LogP contribution >= 0.6 is 0 Å². The Morgan fingerprint density at radius 3 is 2.84 bits per heavy atom. The van der Waals surface area contributed by atoms with Gasteiger partial charge in [0.25, 0.3) is 0 Å². The third kappa shape index (κ3) is 2.34. The van der Waals surface area contributed by atoms with E-state index in [2.05, 4.69) is 15.5 Å². The predicted molar refractivity (Wildman–Crippen MR) is 61.0 cm³/mol. The molecule has 1 saturated heterocycles. The minimum absolute atomic E-state index is 0.192. The molecule has 0 radical (unpaired) electrons. The van der Waals surface area contributed by atoms with E-state index in [4.69, 9.17) is 4.52 Å². The Morgan fingerprint density at radius 1 is 1.32 bits per heavy atom. The fraction of sp³-hybridized carbons (Fsp3) is 0.333. The second-order valence-electron chi connectivity index (χ2n) is 4.44. The summed E-state index contributed by atoms with van der Waals surface area (Å²) in [6.07, 6.45) is 0.0444. The zero-order chi connectivity index (χ0) is 13.4. The lowest BCUT2D eigenvalue weighted by Crippen LogP contribution is -2.15. The maximum Gasteiger partial charge on any atom is 0.244 e. The molecule has 1 aliphatic heterocycles. The molecule has 2 aromatic rings. The molecule has 0 amide bonds. The number of rotatable bonds is 2. The van der Waals surface area contributed by atoms with Gasteiger partial charge in [-0.1, -0.05) is 5.16 Å². The Hall–Kier alpha value is -1.86. The zero-order valence-electron chi connectivity index (χ0n) is 9.81. The van der Waals surface area contributed by atoms with E-state index in [1.165, 1.54) is 6.07 Å². The lowest BCUT2D eigenvalue weighted by atomic mass is 10.2. The zero-order valence-corrected chi connectivity index (χ0v) is 9.81. The number of β-amino-alcohol motifs (C(OH)–C–C–N with tert-alkyl or cyclic N) is 1. The van der Waals surface area contributed by atoms with Gasteiger partial charge in [-0.2, -0.15) is 4.98 Å². The van der Waals surface area contributed by atoms with Gasteiger partial charge in [-0.15, -0.1) is 0 Å². The van der Waals surface area contributed by atoms with E-state index in [-0.39, 0.29) is 11.9 Å². The lowest BCUT2D eigenvalue weighted by Gasteiger charge is -2.01. The van der Waals surface area contributed by atoms with Crippen molar-refractivity contribution < 1.29 is 18.4 Å². The van der Waals surface area contributed by atoms with Crippen molar-refractivity contribution in [2.75, 3.05) is 6.54 Å². The van der Waals surface area contributed by atoms with Gasteiger partial charge < -0.3 is 14.9 Å². The van der Waals surface area contributed by atoms with Crippen molar-refractivity contribution in [1.82, 2.24) is 15.5 Å². The predicted octanol–water partition coefficient (Wildman–Crippen LogP) is 1.41. The Kier molecular flexibility index (Phi) is 3.00. The van der Waals surface area contributed by atoms with E-state index < -0.39 is 17.7 Å². The first kappa shape index (κ1) is 12.2. The van der Waals surface area contributed by atoms with E-state index in [1.807, 2.05) is 0 Å². The molecule has 0 spiro atoms. The summed E-state index contributed by atoms with van der Waals surface area (Å²) >= 11 is 0. The first-order valence-corrected chi connectivity index (χ1v) is 5.84. The molecule has 3 rings (SSSR count). The molecule has 0 bridgehead atoms. The van der Waals surface area contributed by atoms with Crippen LogP contribution in [0.25, 0.3) is 11.4 Å². The highest BCUT2D eigenvalue weighted by molar-refractivity contribution is 5.54. The van der Waals surface area contributed by atoms with Crippen LogP contribution in [0.5, 0.6) is 0 Å². The third-order valence-electron chi connectivity index (χ3n) is 3.03. The summed E-state index contributed by atoms with van der Waals surface area (Å²) in [4.78, 5) is 4.13. The fourth-order valence-corrected chi connectivity index (χ4v) is 2.03. The van der Waals surface area contributed by atoms with E-state index in [9.17, 15) is 13.9 Å². The van der Waals surface area contributed by atoms with Crippen LogP contribution in [-0.4, -0.2) is 27.9 Å². The van der Waals surface area contributed by atoms with Crippen molar-refractivity contribution in [1.29, 1.82) is 0 Å². The molecular weight excluding hydrogens is 256 g/mol. The van der Waals surface area contributed by atoms with Gasteiger partial charge in [-0.05, 0) is 24.6 Å². The summed E-state index contributed by atoms with van der Waals surface area (Å²) in [6, 6.07) is 3.20. The molecule has 1 aromatic carbocycles. The summed E-state index contributed by atoms with van der Waals surface area (Å²) < 4.78 is 31.0. The molecule has 2 heterocycles. The van der Waals surface area contributed by atoms with Crippen LogP contribution in [0.4, 0.5) is 8.78 Å². The molecule has 7 heteroatoms. The van der Waals surface area contributed by atoms with Crippen molar-refractivity contribution in [3.05, 3.63) is 35.7 Å². The molecule has 0 saturated carbocycles. The molecule has 19 heavy (non-hydrogen) atoms. The second-order valence-corrected chi connectivity index (χ2v) is 4.44. The van der Waals surface area contributed by atoms with Gasteiger partial charge in [-0.25, -0.2) is 8.78 Å². The number of hydrogen-bond acceptors (Lipinski definition) is 5. The van der Waals surface area contributed by atoms with Crippen molar-refractivity contribution in [3.8, 4) is 11.4 Å². The minimum Gasteiger partial charge on any atom is -0.392 e. The van der Waals surface area contributed by atoms with Gasteiger partial charge in [0, 0.05) is 12.1 Å². The number of aliphatic hydroxyl groups is 1. The Bertz CT molecular complexity index is 602. The van der Waals surface area contributed by atoms with Crippen molar-refractivity contribution in [2.45, 2.75) is 18.6 Å². The molecule has 1 fully saturated rings. The number of halogens is 2. The number of aliphatic hydroxyl groups excluding tert-OH is 1. The highest BCUT2D eigenvalue weighted by Crippen LogP contribution is 2.25. The van der Waals surface area contributed by atoms with E-state index in [0.29, 0.717) is 24.4 Å². The van der Waals surface area contributed by atoms with E-state index in [0.717, 1.165) is 12.1 Å². The number of nitrogens with zero attached hydrogens (tertiary/aromatic N) is 2. The molecule has 0 aliphatic carbocycles. The van der Waals surface area contributed by atoms with Crippen LogP contribution in [0.3, 0.4) is 0 Å². The highest BCUT2D eigenvalue weighted by atomic mass is 19.2. The summed E-state index contributed by atoms with van der Waals surface area (Å²) in [5, 5.41) is 16.2. The van der Waals surface area contributed by atoms with Crippen LogP contribution in [-0.2, 0) is 0 Å². The lowest BCUT2D eigenvalue weighted by molar-refractivity contribution is 0.191. The van der Waals surface area contributed by atoms with Crippen LogP contribution in [0.15, 0.2) is 22.7 Å². The second kappa shape index (κ2) is 4.67. The number of nitrogens with one attached hydrogen (secondary N) is 1. The topological polar surface area (TPSA) is 71.2 Å². The minimum atomic E-state index is -0.960. The van der Waals surface area contributed by atoms with Crippen LogP contribution in [0.2, 0.25) is 0 Å². The summed E-state index contributed by atoms with van der Waals surface area (Å²) in [7, 11) is 0. The van der Waals surface area contributed by atoms with E-state index in [1.54, 1.807) is 0 Å². The normalized spacial score (nSPS) is 22.9.